The fourth-order valence-corrected chi connectivity index (χ4v) is 4.61. The van der Waals surface area contributed by atoms with E-state index in [0.29, 0.717) is 6.54 Å². The van der Waals surface area contributed by atoms with Crippen LogP contribution >= 0.6 is 0 Å². The zero-order valence-electron chi connectivity index (χ0n) is 15.7. The van der Waals surface area contributed by atoms with Crippen molar-refractivity contribution in [3.8, 4) is 0 Å². The van der Waals surface area contributed by atoms with Crippen LogP contribution < -0.4 is 5.56 Å². The summed E-state index contributed by atoms with van der Waals surface area (Å²) in [7, 11) is 0. The zero-order chi connectivity index (χ0) is 19.4. The molecule has 2 fully saturated rings. The monoisotopic (exact) mass is 373 g/mol. The van der Waals surface area contributed by atoms with Gasteiger partial charge in [0.25, 0.3) is 12.0 Å². The maximum Gasteiger partial charge on any atom is 0.290 e. The summed E-state index contributed by atoms with van der Waals surface area (Å²) in [4.78, 5) is 27.8. The average Bonchev–Trinajstić information content (AvgIpc) is 2.96. The number of aliphatic hydroxyl groups excluding tert-OH is 1. The fraction of sp³-hybridized carbons (Fsp3) is 0.550. The molecule has 0 amide bonds. The molecular formula is C20H27N3O4. The van der Waals surface area contributed by atoms with Gasteiger partial charge in [0, 0.05) is 30.8 Å². The van der Waals surface area contributed by atoms with Gasteiger partial charge in [-0.25, -0.2) is 4.98 Å². The molecule has 2 atom stereocenters. The van der Waals surface area contributed by atoms with Gasteiger partial charge in [0.1, 0.15) is 5.65 Å². The molecule has 2 aromatic rings. The van der Waals surface area contributed by atoms with Crippen molar-refractivity contribution in [1.82, 2.24) is 14.3 Å². The Kier molecular flexibility index (Phi) is 5.92. The summed E-state index contributed by atoms with van der Waals surface area (Å²) in [6.07, 6.45) is 7.02. The number of carbonyl (C=O) groups is 1. The van der Waals surface area contributed by atoms with E-state index in [1.165, 1.54) is 0 Å². The molecule has 2 aliphatic rings. The van der Waals surface area contributed by atoms with Crippen LogP contribution in [0.2, 0.25) is 0 Å². The second kappa shape index (κ2) is 8.19. The molecule has 2 N–H and O–H groups in total. The van der Waals surface area contributed by atoms with Crippen molar-refractivity contribution in [2.75, 3.05) is 13.1 Å². The predicted molar refractivity (Wildman–Crippen MR) is 102 cm³/mol. The summed E-state index contributed by atoms with van der Waals surface area (Å²) in [6.45, 7) is 4.36. The number of carboxylic acid groups (broad SMARTS) is 1. The van der Waals surface area contributed by atoms with Crippen LogP contribution in [0.1, 0.15) is 43.4 Å². The third kappa shape index (κ3) is 4.04. The minimum Gasteiger partial charge on any atom is -0.483 e. The van der Waals surface area contributed by atoms with Gasteiger partial charge in [-0.3, -0.25) is 18.9 Å². The normalized spacial score (nSPS) is 25.3. The van der Waals surface area contributed by atoms with Crippen molar-refractivity contribution >= 4 is 12.1 Å². The Balaban J connectivity index is 0.000000659. The van der Waals surface area contributed by atoms with Crippen LogP contribution in [0.15, 0.2) is 29.2 Å². The number of nitrogens with zero attached hydrogens (tertiary/aromatic N) is 3. The molecule has 0 unspecified atom stereocenters. The van der Waals surface area contributed by atoms with Gasteiger partial charge in [0.05, 0.1) is 11.8 Å². The smallest absolute Gasteiger partial charge is 0.290 e. The van der Waals surface area contributed by atoms with E-state index in [9.17, 15) is 9.90 Å². The van der Waals surface area contributed by atoms with Crippen LogP contribution in [-0.4, -0.2) is 50.2 Å². The molecule has 0 aromatic carbocycles. The average molecular weight is 373 g/mol. The van der Waals surface area contributed by atoms with Crippen LogP contribution in [0.25, 0.3) is 5.65 Å². The maximum absolute atomic E-state index is 12.4. The number of fused-ring (bicyclic) bond motifs is 1. The minimum atomic E-state index is -0.250. The van der Waals surface area contributed by atoms with E-state index in [0.717, 1.165) is 62.1 Å². The first kappa shape index (κ1) is 19.5. The molecule has 0 bridgehead atoms. The molecular weight excluding hydrogens is 346 g/mol. The molecule has 0 radical (unpaired) electrons. The third-order valence-electron chi connectivity index (χ3n) is 5.87. The highest BCUT2D eigenvalue weighted by molar-refractivity contribution is 5.46. The lowest BCUT2D eigenvalue weighted by Crippen LogP contribution is -2.46. The molecule has 146 valence electrons. The number of aliphatic hydroxyl groups is 1. The van der Waals surface area contributed by atoms with E-state index in [1.807, 2.05) is 19.1 Å². The quantitative estimate of drug-likeness (QED) is 0.780. The van der Waals surface area contributed by atoms with Crippen molar-refractivity contribution < 1.29 is 15.0 Å². The summed E-state index contributed by atoms with van der Waals surface area (Å²) >= 11 is 0. The minimum absolute atomic E-state index is 0.0219. The first-order valence-electron chi connectivity index (χ1n) is 9.45. The molecule has 1 aliphatic carbocycles. The second-order valence-electron chi connectivity index (χ2n) is 7.66. The van der Waals surface area contributed by atoms with E-state index >= 15 is 0 Å². The van der Waals surface area contributed by atoms with E-state index in [2.05, 4.69) is 4.90 Å². The molecule has 7 nitrogen and oxygen atoms in total. The van der Waals surface area contributed by atoms with Crippen LogP contribution in [0.5, 0.6) is 0 Å². The molecule has 1 aliphatic heterocycles. The Morgan fingerprint density at radius 2 is 2.11 bits per heavy atom. The number of hydrogen-bond donors (Lipinski definition) is 2. The van der Waals surface area contributed by atoms with Gasteiger partial charge in [0.15, 0.2) is 0 Å². The third-order valence-corrected chi connectivity index (χ3v) is 5.87. The zero-order valence-corrected chi connectivity index (χ0v) is 15.7. The second-order valence-corrected chi connectivity index (χ2v) is 7.66. The molecule has 1 spiro atoms. The number of likely N-dealkylation sites (tertiary alicyclic amines) is 1. The van der Waals surface area contributed by atoms with Crippen molar-refractivity contribution in [1.29, 1.82) is 0 Å². The largest absolute Gasteiger partial charge is 0.483 e. The predicted octanol–water partition coefficient (Wildman–Crippen LogP) is 1.83. The SMILES string of the molecule is Cc1cccn2c(=O)cc(CN3CCC[C@]4(CCC[C@H]4O)C3)nc12.O=CO. The van der Waals surface area contributed by atoms with Crippen LogP contribution in [0.3, 0.4) is 0 Å². The number of rotatable bonds is 2. The summed E-state index contributed by atoms with van der Waals surface area (Å²) in [5.41, 5.74) is 2.63. The van der Waals surface area contributed by atoms with Gasteiger partial charge in [0.2, 0.25) is 0 Å². The van der Waals surface area contributed by atoms with E-state index in [1.54, 1.807) is 16.7 Å². The number of aromatic nitrogens is 2. The molecule has 3 heterocycles. The van der Waals surface area contributed by atoms with E-state index < -0.39 is 0 Å². The molecule has 27 heavy (non-hydrogen) atoms. The number of pyridine rings is 1. The highest BCUT2D eigenvalue weighted by atomic mass is 16.3. The van der Waals surface area contributed by atoms with Crippen LogP contribution in [0, 0.1) is 12.3 Å². The fourth-order valence-electron chi connectivity index (χ4n) is 4.61. The molecule has 7 heteroatoms. The van der Waals surface area contributed by atoms with Crippen LogP contribution in [0.4, 0.5) is 0 Å². The van der Waals surface area contributed by atoms with Gasteiger partial charge in [-0.1, -0.05) is 12.5 Å². The first-order valence-corrected chi connectivity index (χ1v) is 9.45. The van der Waals surface area contributed by atoms with Gasteiger partial charge in [-0.15, -0.1) is 0 Å². The lowest BCUT2D eigenvalue weighted by molar-refractivity contribution is -0.122. The van der Waals surface area contributed by atoms with Crippen molar-refractivity contribution in [2.45, 2.75) is 51.7 Å². The van der Waals surface area contributed by atoms with Gasteiger partial charge in [-0.2, -0.15) is 0 Å². The maximum atomic E-state index is 12.4. The lowest BCUT2D eigenvalue weighted by Gasteiger charge is -2.42. The molecule has 1 saturated heterocycles. The van der Waals surface area contributed by atoms with E-state index in [-0.39, 0.29) is 23.6 Å². The lowest BCUT2D eigenvalue weighted by atomic mass is 9.76. The number of piperidine rings is 1. The summed E-state index contributed by atoms with van der Waals surface area (Å²) in [5, 5.41) is 17.3. The summed E-state index contributed by atoms with van der Waals surface area (Å²) in [6, 6.07) is 5.51. The van der Waals surface area contributed by atoms with Gasteiger partial charge in [-0.05, 0) is 50.8 Å². The molecule has 2 aromatic heterocycles. The number of aryl methyl sites for hydroxylation is 1. The van der Waals surface area contributed by atoms with Gasteiger partial charge < -0.3 is 10.2 Å². The Morgan fingerprint density at radius 1 is 1.37 bits per heavy atom. The first-order chi connectivity index (χ1) is 13.0. The summed E-state index contributed by atoms with van der Waals surface area (Å²) < 4.78 is 1.61. The van der Waals surface area contributed by atoms with E-state index in [4.69, 9.17) is 14.9 Å². The summed E-state index contributed by atoms with van der Waals surface area (Å²) in [5.74, 6) is 0. The molecule has 1 saturated carbocycles. The Hall–Kier alpha value is -2.25. The molecule has 4 rings (SSSR count). The standard InChI is InChI=1S/C19H25N3O2.CH2O2/c1-14-5-3-10-22-17(24)11-15(20-18(14)22)12-21-9-4-8-19(13-21)7-2-6-16(19)23;2-1-3/h3,5,10-11,16,23H,2,4,6-9,12-13H2,1H3;1H,(H,2,3)/t16-,19-;/m1./s1. The highest BCUT2D eigenvalue weighted by Crippen LogP contribution is 2.45. The van der Waals surface area contributed by atoms with Crippen molar-refractivity contribution in [3.63, 3.8) is 0 Å². The Bertz CT molecular complexity index is 866. The van der Waals surface area contributed by atoms with Gasteiger partial charge >= 0.3 is 0 Å². The number of hydrogen-bond acceptors (Lipinski definition) is 5. The van der Waals surface area contributed by atoms with Crippen LogP contribution in [-0.2, 0) is 11.3 Å². The Labute approximate surface area is 158 Å². The highest BCUT2D eigenvalue weighted by Gasteiger charge is 2.44. The van der Waals surface area contributed by atoms with Crippen molar-refractivity contribution in [3.05, 3.63) is 46.0 Å². The Morgan fingerprint density at radius 3 is 2.81 bits per heavy atom. The topological polar surface area (TPSA) is 95.1 Å². The van der Waals surface area contributed by atoms with Crippen molar-refractivity contribution in [2.24, 2.45) is 5.41 Å².